The molecule has 0 heterocycles. The molecule has 0 amide bonds. The normalized spacial score (nSPS) is 11.9. The van der Waals surface area contributed by atoms with Crippen molar-refractivity contribution in [1.82, 2.24) is 0 Å². The van der Waals surface area contributed by atoms with E-state index >= 15 is 0 Å². The van der Waals surface area contributed by atoms with Crippen molar-refractivity contribution in [3.63, 3.8) is 0 Å². The molecule has 0 aliphatic rings. The summed E-state index contributed by atoms with van der Waals surface area (Å²) in [5.41, 5.74) is 6.11. The standard InChI is InChI=1S/C9H12FNO.ClH/c1-2-8(11)7-5-6(10)3-4-9(7)12;/h3-5,8,12H,2,11H2,1H3;1H/t8-;/m0./s1. The van der Waals surface area contributed by atoms with Gasteiger partial charge in [0.05, 0.1) is 0 Å². The molecular formula is C9H13ClFNO. The van der Waals surface area contributed by atoms with Gasteiger partial charge in [-0.15, -0.1) is 12.4 Å². The van der Waals surface area contributed by atoms with E-state index in [9.17, 15) is 9.50 Å². The number of nitrogens with two attached hydrogens (primary N) is 1. The fourth-order valence-corrected chi connectivity index (χ4v) is 1.04. The molecule has 0 aliphatic carbocycles. The average molecular weight is 206 g/mol. The molecule has 74 valence electrons. The minimum Gasteiger partial charge on any atom is -0.508 e. The number of hydrogen-bond donors (Lipinski definition) is 2. The fourth-order valence-electron chi connectivity index (χ4n) is 1.04. The third kappa shape index (κ3) is 2.86. The van der Waals surface area contributed by atoms with Crippen LogP contribution in [0, 0.1) is 5.82 Å². The zero-order chi connectivity index (χ0) is 9.14. The molecule has 0 fully saturated rings. The third-order valence-corrected chi connectivity index (χ3v) is 1.83. The van der Waals surface area contributed by atoms with E-state index in [-0.39, 0.29) is 30.0 Å². The van der Waals surface area contributed by atoms with Crippen LogP contribution in [0.2, 0.25) is 0 Å². The second-order valence-corrected chi connectivity index (χ2v) is 2.72. The highest BCUT2D eigenvalue weighted by atomic mass is 35.5. The van der Waals surface area contributed by atoms with E-state index < -0.39 is 0 Å². The van der Waals surface area contributed by atoms with Crippen molar-refractivity contribution in [2.45, 2.75) is 19.4 Å². The van der Waals surface area contributed by atoms with Gasteiger partial charge in [-0.05, 0) is 24.6 Å². The largest absolute Gasteiger partial charge is 0.508 e. The molecule has 13 heavy (non-hydrogen) atoms. The maximum absolute atomic E-state index is 12.7. The van der Waals surface area contributed by atoms with Crippen LogP contribution in [-0.2, 0) is 0 Å². The Morgan fingerprint density at radius 3 is 2.69 bits per heavy atom. The molecule has 2 nitrogen and oxygen atoms in total. The van der Waals surface area contributed by atoms with Gasteiger partial charge in [0, 0.05) is 11.6 Å². The first-order chi connectivity index (χ1) is 5.65. The molecule has 0 unspecified atom stereocenters. The Labute approximate surface area is 83.0 Å². The van der Waals surface area contributed by atoms with Crippen LogP contribution in [0.15, 0.2) is 18.2 Å². The van der Waals surface area contributed by atoms with Gasteiger partial charge < -0.3 is 10.8 Å². The Bertz CT molecular complexity index is 280. The summed E-state index contributed by atoms with van der Waals surface area (Å²) < 4.78 is 12.7. The second-order valence-electron chi connectivity index (χ2n) is 2.72. The monoisotopic (exact) mass is 205 g/mol. The lowest BCUT2D eigenvalue weighted by molar-refractivity contribution is 0.457. The molecule has 0 spiro atoms. The molecule has 0 radical (unpaired) electrons. The van der Waals surface area contributed by atoms with Crippen molar-refractivity contribution in [2.75, 3.05) is 0 Å². The first kappa shape index (κ1) is 12.2. The Morgan fingerprint density at radius 1 is 1.54 bits per heavy atom. The topological polar surface area (TPSA) is 46.2 Å². The Morgan fingerprint density at radius 2 is 2.15 bits per heavy atom. The maximum atomic E-state index is 12.7. The predicted octanol–water partition coefficient (Wildman–Crippen LogP) is 2.36. The van der Waals surface area contributed by atoms with Crippen molar-refractivity contribution in [1.29, 1.82) is 0 Å². The van der Waals surface area contributed by atoms with Crippen LogP contribution < -0.4 is 5.73 Å². The van der Waals surface area contributed by atoms with Gasteiger partial charge in [-0.3, -0.25) is 0 Å². The van der Waals surface area contributed by atoms with Gasteiger partial charge >= 0.3 is 0 Å². The van der Waals surface area contributed by atoms with Crippen LogP contribution in [0.1, 0.15) is 24.9 Å². The van der Waals surface area contributed by atoms with Crippen molar-refractivity contribution < 1.29 is 9.50 Å². The first-order valence-corrected chi connectivity index (χ1v) is 3.89. The second kappa shape index (κ2) is 5.04. The quantitative estimate of drug-likeness (QED) is 0.779. The molecule has 1 atom stereocenters. The van der Waals surface area contributed by atoms with Gasteiger partial charge in [0.15, 0.2) is 0 Å². The molecule has 0 bridgehead atoms. The van der Waals surface area contributed by atoms with Gasteiger partial charge in [0.2, 0.25) is 0 Å². The Balaban J connectivity index is 0.00000144. The highest BCUT2D eigenvalue weighted by molar-refractivity contribution is 5.85. The van der Waals surface area contributed by atoms with Gasteiger partial charge in [-0.2, -0.15) is 0 Å². The van der Waals surface area contributed by atoms with Gasteiger partial charge in [0.25, 0.3) is 0 Å². The predicted molar refractivity (Wildman–Crippen MR) is 52.5 cm³/mol. The van der Waals surface area contributed by atoms with E-state index in [1.165, 1.54) is 18.2 Å². The number of rotatable bonds is 2. The van der Waals surface area contributed by atoms with Crippen LogP contribution in [0.3, 0.4) is 0 Å². The molecule has 1 aromatic rings. The van der Waals surface area contributed by atoms with Crippen molar-refractivity contribution in [3.05, 3.63) is 29.6 Å². The first-order valence-electron chi connectivity index (χ1n) is 3.89. The summed E-state index contributed by atoms with van der Waals surface area (Å²) in [6, 6.07) is 3.51. The molecule has 3 N–H and O–H groups in total. The number of aromatic hydroxyl groups is 1. The van der Waals surface area contributed by atoms with Gasteiger partial charge in [0.1, 0.15) is 11.6 Å². The zero-order valence-corrected chi connectivity index (χ0v) is 8.14. The van der Waals surface area contributed by atoms with Crippen LogP contribution >= 0.6 is 12.4 Å². The summed E-state index contributed by atoms with van der Waals surface area (Å²) in [7, 11) is 0. The van der Waals surface area contributed by atoms with E-state index in [4.69, 9.17) is 5.73 Å². The molecule has 0 aliphatic heterocycles. The minimum absolute atomic E-state index is 0. The van der Waals surface area contributed by atoms with Crippen LogP contribution in [0.4, 0.5) is 4.39 Å². The maximum Gasteiger partial charge on any atom is 0.123 e. The summed E-state index contributed by atoms with van der Waals surface area (Å²) in [6.07, 6.45) is 0.678. The number of phenols is 1. The van der Waals surface area contributed by atoms with E-state index in [1.807, 2.05) is 6.92 Å². The SMILES string of the molecule is CC[C@H](N)c1cc(F)ccc1O.Cl. The molecule has 0 saturated heterocycles. The summed E-state index contributed by atoms with van der Waals surface area (Å²) in [5.74, 6) is -0.308. The third-order valence-electron chi connectivity index (χ3n) is 1.83. The van der Waals surface area contributed by atoms with E-state index in [0.717, 1.165) is 0 Å². The summed E-state index contributed by atoms with van der Waals surface area (Å²) in [4.78, 5) is 0. The van der Waals surface area contributed by atoms with Crippen LogP contribution in [-0.4, -0.2) is 5.11 Å². The molecule has 4 heteroatoms. The summed E-state index contributed by atoms with van der Waals surface area (Å²) in [5, 5.41) is 9.29. The number of halogens is 2. The molecule has 0 saturated carbocycles. The zero-order valence-electron chi connectivity index (χ0n) is 7.33. The molecular weight excluding hydrogens is 193 g/mol. The lowest BCUT2D eigenvalue weighted by Gasteiger charge is -2.10. The lowest BCUT2D eigenvalue weighted by atomic mass is 10.0. The highest BCUT2D eigenvalue weighted by Crippen LogP contribution is 2.24. The Hall–Kier alpha value is -0.800. The van der Waals surface area contributed by atoms with E-state index in [2.05, 4.69) is 0 Å². The van der Waals surface area contributed by atoms with E-state index in [0.29, 0.717) is 12.0 Å². The highest BCUT2D eigenvalue weighted by Gasteiger charge is 2.09. The van der Waals surface area contributed by atoms with Crippen molar-refractivity contribution >= 4 is 12.4 Å². The minimum atomic E-state index is -0.369. The molecule has 1 aromatic carbocycles. The smallest absolute Gasteiger partial charge is 0.123 e. The van der Waals surface area contributed by atoms with E-state index in [1.54, 1.807) is 0 Å². The lowest BCUT2D eigenvalue weighted by Crippen LogP contribution is -2.08. The molecule has 0 aromatic heterocycles. The average Bonchev–Trinajstić information content (AvgIpc) is 2.08. The van der Waals surface area contributed by atoms with Crippen LogP contribution in [0.5, 0.6) is 5.75 Å². The summed E-state index contributed by atoms with van der Waals surface area (Å²) in [6.45, 7) is 1.88. The molecule has 1 rings (SSSR count). The van der Waals surface area contributed by atoms with Gasteiger partial charge in [-0.1, -0.05) is 6.92 Å². The number of benzene rings is 1. The summed E-state index contributed by atoms with van der Waals surface area (Å²) >= 11 is 0. The Kier molecular flexibility index (Phi) is 4.73. The van der Waals surface area contributed by atoms with Crippen molar-refractivity contribution in [3.8, 4) is 5.75 Å². The number of hydrogen-bond acceptors (Lipinski definition) is 2. The van der Waals surface area contributed by atoms with Crippen LogP contribution in [0.25, 0.3) is 0 Å². The fraction of sp³-hybridized carbons (Fsp3) is 0.333. The van der Waals surface area contributed by atoms with Crippen molar-refractivity contribution in [2.24, 2.45) is 5.73 Å². The number of phenolic OH excluding ortho intramolecular Hbond substituents is 1. The van der Waals surface area contributed by atoms with Gasteiger partial charge in [-0.25, -0.2) is 4.39 Å².